The normalized spacial score (nSPS) is 13.6. The maximum absolute atomic E-state index is 2.71. The van der Waals surface area contributed by atoms with Gasteiger partial charge in [0, 0.05) is 16.1 Å². The topological polar surface area (TPSA) is 3.24 Å². The summed E-state index contributed by atoms with van der Waals surface area (Å²) in [5, 5.41) is 18.6. The van der Waals surface area contributed by atoms with Crippen LogP contribution in [-0.2, 0) is 0 Å². The molecule has 4 heteroatoms. The van der Waals surface area contributed by atoms with Crippen LogP contribution in [0.3, 0.4) is 0 Å². The van der Waals surface area contributed by atoms with Crippen molar-refractivity contribution in [2.75, 3.05) is 4.90 Å². The summed E-state index contributed by atoms with van der Waals surface area (Å²) in [6.07, 6.45) is 0. The zero-order valence-corrected chi connectivity index (χ0v) is 33.2. The second-order valence-corrected chi connectivity index (χ2v) is 18.0. The second kappa shape index (κ2) is 11.3. The molecule has 12 aromatic rings. The summed E-state index contributed by atoms with van der Waals surface area (Å²) in [7, 11) is 0. The highest BCUT2D eigenvalue weighted by atomic mass is 32.1. The lowest BCUT2D eigenvalue weighted by Gasteiger charge is -2.42. The molecule has 0 radical (unpaired) electrons. The molecule has 0 unspecified atom stereocenters. The molecule has 11 aromatic carbocycles. The lowest BCUT2D eigenvalue weighted by atomic mass is 9.31. The molecular weight excluding hydrogens is 740 g/mol. The number of hydrogen-bond donors (Lipinski definition) is 0. The van der Waals surface area contributed by atoms with Gasteiger partial charge in [-0.2, -0.15) is 0 Å². The first-order valence-electron chi connectivity index (χ1n) is 21.1. The van der Waals surface area contributed by atoms with Crippen molar-refractivity contribution in [3.8, 4) is 11.1 Å². The van der Waals surface area contributed by atoms with Crippen LogP contribution in [0.5, 0.6) is 0 Å². The van der Waals surface area contributed by atoms with Crippen molar-refractivity contribution in [2.24, 2.45) is 0 Å². The summed E-state index contributed by atoms with van der Waals surface area (Å²) in [6.45, 7) is 0.152. The molecule has 0 N–H and O–H groups in total. The van der Waals surface area contributed by atoms with Crippen molar-refractivity contribution in [2.45, 2.75) is 0 Å². The summed E-state index contributed by atoms with van der Waals surface area (Å²) in [5.41, 5.74) is 13.9. The van der Waals surface area contributed by atoms with E-state index in [9.17, 15) is 0 Å². The average molecular weight is 772 g/mol. The molecule has 15 rings (SSSR count). The SMILES string of the molecule is c1ccc2c(c1)B1c3cccc4c3N(c3cc5c6ccccc6c6ccccc6c5c-2c31)c1sc2ccccc2c1B4c1cccc2c3ccccc3c3ccccc3c12. The van der Waals surface area contributed by atoms with Gasteiger partial charge in [0.2, 0.25) is 13.4 Å². The Morgan fingerprint density at radius 2 is 0.800 bits per heavy atom. The Kier molecular flexibility index (Phi) is 6.00. The Hall–Kier alpha value is -7.13. The van der Waals surface area contributed by atoms with Crippen molar-refractivity contribution < 1.29 is 0 Å². The standard InChI is InChI=1S/C56H31B2NS/c1-3-17-35-32(15-1)34-18-5-7-21-38(34)50-39(35)25-13-27-45(50)58-47-29-14-28-46-55(47)59(56-53(58)42-24-10-12-30-49(42)60-56)48-31-43-37-20-4-2-16-33(37)36-19-6-8-22-40(36)51(43)52-41-23-9-11-26-44(41)57(46)54(48)52/h1-31H. The molecule has 0 aliphatic carbocycles. The number of hydrogen-bond acceptors (Lipinski definition) is 2. The van der Waals surface area contributed by atoms with Crippen molar-refractivity contribution in [3.05, 3.63) is 188 Å². The molecule has 3 aliphatic heterocycles. The number of nitrogens with zero attached hydrogens (tertiary/aromatic N) is 1. The Labute approximate surface area is 350 Å². The van der Waals surface area contributed by atoms with Gasteiger partial charge in [-0.3, -0.25) is 0 Å². The number of thiophene rings is 1. The van der Waals surface area contributed by atoms with Crippen LogP contribution in [-0.4, -0.2) is 13.4 Å². The molecular formula is C56H31B2NS. The van der Waals surface area contributed by atoms with E-state index in [1.165, 1.54) is 135 Å². The zero-order chi connectivity index (χ0) is 38.8. The van der Waals surface area contributed by atoms with Gasteiger partial charge in [-0.15, -0.1) is 11.3 Å². The molecule has 0 atom stereocenters. The van der Waals surface area contributed by atoms with Gasteiger partial charge in [-0.25, -0.2) is 0 Å². The Morgan fingerprint density at radius 1 is 0.350 bits per heavy atom. The minimum absolute atomic E-state index is 0.0264. The smallest absolute Gasteiger partial charge is 0.249 e. The maximum Gasteiger partial charge on any atom is 0.249 e. The van der Waals surface area contributed by atoms with Crippen LogP contribution in [0, 0.1) is 0 Å². The van der Waals surface area contributed by atoms with E-state index in [4.69, 9.17) is 0 Å². The van der Waals surface area contributed by atoms with E-state index in [1.807, 2.05) is 11.3 Å². The lowest BCUT2D eigenvalue weighted by Crippen LogP contribution is -2.63. The molecule has 0 saturated heterocycles. The Morgan fingerprint density at radius 3 is 1.47 bits per heavy atom. The third-order valence-electron chi connectivity index (χ3n) is 14.3. The highest BCUT2D eigenvalue weighted by molar-refractivity contribution is 7.27. The summed E-state index contributed by atoms with van der Waals surface area (Å²) < 4.78 is 1.33. The van der Waals surface area contributed by atoms with Gasteiger partial charge in [-0.1, -0.05) is 187 Å². The third-order valence-corrected chi connectivity index (χ3v) is 15.5. The fraction of sp³-hybridized carbons (Fsp3) is 0. The molecule has 4 heterocycles. The molecule has 0 fully saturated rings. The molecule has 1 nitrogen and oxygen atoms in total. The van der Waals surface area contributed by atoms with Gasteiger partial charge in [0.1, 0.15) is 0 Å². The fourth-order valence-electron chi connectivity index (χ4n) is 12.1. The fourth-order valence-corrected chi connectivity index (χ4v) is 13.4. The van der Waals surface area contributed by atoms with Crippen LogP contribution in [0.25, 0.3) is 85.8 Å². The van der Waals surface area contributed by atoms with Gasteiger partial charge >= 0.3 is 0 Å². The average Bonchev–Trinajstić information content (AvgIpc) is 3.87. The number of rotatable bonds is 1. The van der Waals surface area contributed by atoms with E-state index in [2.05, 4.69) is 193 Å². The van der Waals surface area contributed by atoms with Crippen LogP contribution < -0.4 is 37.7 Å². The van der Waals surface area contributed by atoms with Crippen LogP contribution in [0.2, 0.25) is 0 Å². The minimum Gasteiger partial charge on any atom is -0.304 e. The molecule has 0 spiro atoms. The van der Waals surface area contributed by atoms with E-state index in [0.717, 1.165) is 0 Å². The highest BCUT2D eigenvalue weighted by Crippen LogP contribution is 2.50. The molecule has 0 amide bonds. The lowest BCUT2D eigenvalue weighted by molar-refractivity contribution is 1.35. The molecule has 60 heavy (non-hydrogen) atoms. The number of para-hydroxylation sites is 1. The van der Waals surface area contributed by atoms with Gasteiger partial charge in [-0.05, 0) is 115 Å². The van der Waals surface area contributed by atoms with Gasteiger partial charge in [0.15, 0.2) is 0 Å². The highest BCUT2D eigenvalue weighted by Gasteiger charge is 2.49. The number of anilines is 3. The monoisotopic (exact) mass is 771 g/mol. The van der Waals surface area contributed by atoms with E-state index in [1.54, 1.807) is 0 Å². The Bertz CT molecular complexity index is 3890. The molecule has 0 saturated carbocycles. The number of benzene rings is 11. The minimum atomic E-state index is 0.0264. The van der Waals surface area contributed by atoms with E-state index in [0.29, 0.717) is 0 Å². The molecule has 1 aromatic heterocycles. The largest absolute Gasteiger partial charge is 0.304 e. The van der Waals surface area contributed by atoms with Crippen molar-refractivity contribution in [3.63, 3.8) is 0 Å². The summed E-state index contributed by atoms with van der Waals surface area (Å²) in [6, 6.07) is 71.6. The zero-order valence-electron chi connectivity index (χ0n) is 32.4. The van der Waals surface area contributed by atoms with Crippen molar-refractivity contribution in [1.82, 2.24) is 0 Å². The predicted molar refractivity (Wildman–Crippen MR) is 263 cm³/mol. The van der Waals surface area contributed by atoms with E-state index in [-0.39, 0.29) is 13.4 Å². The number of fused-ring (bicyclic) bond motifs is 22. The van der Waals surface area contributed by atoms with Crippen LogP contribution in [0.1, 0.15) is 0 Å². The predicted octanol–water partition coefficient (Wildman–Crippen LogP) is 10.9. The quantitative estimate of drug-likeness (QED) is 0.119. The molecule has 272 valence electrons. The van der Waals surface area contributed by atoms with Crippen molar-refractivity contribution in [1.29, 1.82) is 0 Å². The van der Waals surface area contributed by atoms with Crippen molar-refractivity contribution >= 4 is 149 Å². The Balaban J connectivity index is 1.13. The van der Waals surface area contributed by atoms with Gasteiger partial charge in [0.05, 0.1) is 5.00 Å². The molecule has 3 aliphatic rings. The maximum atomic E-state index is 2.71. The first kappa shape index (κ1) is 31.8. The third kappa shape index (κ3) is 3.78. The van der Waals surface area contributed by atoms with Crippen LogP contribution in [0.15, 0.2) is 188 Å². The van der Waals surface area contributed by atoms with Crippen LogP contribution >= 0.6 is 11.3 Å². The summed E-state index contributed by atoms with van der Waals surface area (Å²) >= 11 is 1.96. The first-order valence-corrected chi connectivity index (χ1v) is 21.9. The summed E-state index contributed by atoms with van der Waals surface area (Å²) in [4.78, 5) is 2.71. The van der Waals surface area contributed by atoms with Gasteiger partial charge in [0.25, 0.3) is 0 Å². The first-order chi connectivity index (χ1) is 29.8. The summed E-state index contributed by atoms with van der Waals surface area (Å²) in [5.74, 6) is 0. The van der Waals surface area contributed by atoms with E-state index >= 15 is 0 Å². The van der Waals surface area contributed by atoms with E-state index < -0.39 is 0 Å². The second-order valence-electron chi connectivity index (χ2n) is 16.9. The van der Waals surface area contributed by atoms with Crippen LogP contribution in [0.4, 0.5) is 16.4 Å². The molecule has 0 bridgehead atoms. The van der Waals surface area contributed by atoms with Gasteiger partial charge < -0.3 is 4.90 Å².